The molecular weight excluding hydrogens is 410 g/mol. The van der Waals surface area contributed by atoms with Crippen molar-refractivity contribution in [2.75, 3.05) is 5.32 Å². The minimum atomic E-state index is -0.866. The Balaban J connectivity index is 1.71. The summed E-state index contributed by atoms with van der Waals surface area (Å²) in [6, 6.07) is 15.3. The third-order valence-corrected chi connectivity index (χ3v) is 5.81. The summed E-state index contributed by atoms with van der Waals surface area (Å²) in [5.41, 5.74) is 4.32. The molecule has 0 fully saturated rings. The van der Waals surface area contributed by atoms with Crippen molar-refractivity contribution in [1.29, 1.82) is 0 Å². The molecule has 0 saturated carbocycles. The third-order valence-electron chi connectivity index (χ3n) is 5.44. The Morgan fingerprint density at radius 1 is 1.13 bits per heavy atom. The van der Waals surface area contributed by atoms with Gasteiger partial charge in [0, 0.05) is 29.0 Å². The number of rotatable bonds is 11. The van der Waals surface area contributed by atoms with Gasteiger partial charge >= 0.3 is 5.97 Å². The van der Waals surface area contributed by atoms with Gasteiger partial charge in [0.2, 0.25) is 0 Å². The molecule has 3 aromatic rings. The van der Waals surface area contributed by atoms with Gasteiger partial charge in [-0.3, -0.25) is 4.79 Å². The summed E-state index contributed by atoms with van der Waals surface area (Å²) in [4.78, 5) is 15.7. The Labute approximate surface area is 189 Å². The fourth-order valence-corrected chi connectivity index (χ4v) is 3.73. The number of carboxylic acids is 1. The molecule has 1 unspecified atom stereocenters. The first-order valence-electron chi connectivity index (χ1n) is 10.8. The van der Waals surface area contributed by atoms with E-state index in [2.05, 4.69) is 22.9 Å². The van der Waals surface area contributed by atoms with Gasteiger partial charge in [-0.2, -0.15) is 0 Å². The Hall–Kier alpha value is -2.79. The molecular formula is C25H30ClN3O2. The Bertz CT molecular complexity index is 998. The number of imidazole rings is 1. The largest absolute Gasteiger partial charge is 0.480 e. The molecule has 2 aromatic carbocycles. The number of hydrogen-bond donors (Lipinski definition) is 2. The zero-order valence-corrected chi connectivity index (χ0v) is 18.9. The topological polar surface area (TPSA) is 67.2 Å². The number of halogens is 1. The van der Waals surface area contributed by atoms with E-state index in [4.69, 9.17) is 21.7 Å². The van der Waals surface area contributed by atoms with Crippen molar-refractivity contribution < 1.29 is 9.90 Å². The maximum absolute atomic E-state index is 11.0. The molecule has 164 valence electrons. The highest BCUT2D eigenvalue weighted by molar-refractivity contribution is 6.31. The zero-order chi connectivity index (χ0) is 22.2. The van der Waals surface area contributed by atoms with Gasteiger partial charge in [0.25, 0.3) is 0 Å². The van der Waals surface area contributed by atoms with E-state index in [-0.39, 0.29) is 0 Å². The van der Waals surface area contributed by atoms with Gasteiger partial charge in [0.15, 0.2) is 0 Å². The van der Waals surface area contributed by atoms with E-state index in [0.29, 0.717) is 0 Å². The van der Waals surface area contributed by atoms with Crippen molar-refractivity contribution in [2.45, 2.75) is 58.5 Å². The molecule has 0 radical (unpaired) electrons. The number of aromatic nitrogens is 2. The molecule has 0 spiro atoms. The molecule has 6 heteroatoms. The number of nitrogens with zero attached hydrogens (tertiary/aromatic N) is 2. The van der Waals surface area contributed by atoms with Gasteiger partial charge < -0.3 is 15.0 Å². The molecule has 2 N–H and O–H groups in total. The minimum absolute atomic E-state index is 0.619. The van der Waals surface area contributed by atoms with Crippen LogP contribution in [0.3, 0.4) is 0 Å². The van der Waals surface area contributed by atoms with Crippen LogP contribution in [-0.4, -0.2) is 26.7 Å². The number of unbranched alkanes of at least 4 members (excludes halogenated alkanes) is 1. The second-order valence-electron chi connectivity index (χ2n) is 7.85. The first kappa shape index (κ1) is 22.9. The first-order valence-corrected chi connectivity index (χ1v) is 11.2. The average molecular weight is 440 g/mol. The maximum atomic E-state index is 11.0. The van der Waals surface area contributed by atoms with Crippen molar-refractivity contribution >= 4 is 23.3 Å². The van der Waals surface area contributed by atoms with Crippen LogP contribution in [0.15, 0.2) is 54.7 Å². The molecule has 1 aromatic heterocycles. The van der Waals surface area contributed by atoms with Gasteiger partial charge in [-0.1, -0.05) is 55.3 Å². The van der Waals surface area contributed by atoms with Gasteiger partial charge in [0.05, 0.1) is 6.54 Å². The predicted octanol–water partition coefficient (Wildman–Crippen LogP) is 5.60. The molecule has 3 rings (SSSR count). The minimum Gasteiger partial charge on any atom is -0.480 e. The maximum Gasteiger partial charge on any atom is 0.325 e. The van der Waals surface area contributed by atoms with E-state index in [1.54, 1.807) is 6.92 Å². The smallest absolute Gasteiger partial charge is 0.325 e. The summed E-state index contributed by atoms with van der Waals surface area (Å²) in [7, 11) is 0. The second-order valence-corrected chi connectivity index (χ2v) is 8.26. The van der Waals surface area contributed by atoms with E-state index in [1.807, 2.05) is 48.7 Å². The SMILES string of the molecule is CCCCc1ncc(CCc2ccc(NC(C)C(=O)O)cc2)n1Cc1ccccc1Cl. The number of benzene rings is 2. The van der Waals surface area contributed by atoms with E-state index in [9.17, 15) is 4.79 Å². The van der Waals surface area contributed by atoms with Crippen LogP contribution in [0, 0.1) is 0 Å². The highest BCUT2D eigenvalue weighted by Crippen LogP contribution is 2.20. The molecule has 0 bridgehead atoms. The Kier molecular flexibility index (Phi) is 8.13. The van der Waals surface area contributed by atoms with Crippen molar-refractivity contribution in [1.82, 2.24) is 9.55 Å². The normalized spacial score (nSPS) is 12.0. The summed E-state index contributed by atoms with van der Waals surface area (Å²) in [5.74, 6) is 0.244. The highest BCUT2D eigenvalue weighted by atomic mass is 35.5. The zero-order valence-electron chi connectivity index (χ0n) is 18.1. The van der Waals surface area contributed by atoms with Crippen LogP contribution in [0.4, 0.5) is 5.69 Å². The average Bonchev–Trinajstić information content (AvgIpc) is 3.14. The van der Waals surface area contributed by atoms with Crippen LogP contribution in [0.5, 0.6) is 0 Å². The lowest BCUT2D eigenvalue weighted by Gasteiger charge is -2.14. The van der Waals surface area contributed by atoms with Gasteiger partial charge in [-0.05, 0) is 55.5 Å². The molecule has 0 amide bonds. The quantitative estimate of drug-likeness (QED) is 0.408. The fraction of sp³-hybridized carbons (Fsp3) is 0.360. The number of aryl methyl sites for hydroxylation is 3. The van der Waals surface area contributed by atoms with E-state index in [1.165, 1.54) is 11.3 Å². The summed E-state index contributed by atoms with van der Waals surface area (Å²) < 4.78 is 2.31. The number of anilines is 1. The molecule has 5 nitrogen and oxygen atoms in total. The van der Waals surface area contributed by atoms with Crippen molar-refractivity contribution in [3.8, 4) is 0 Å². The van der Waals surface area contributed by atoms with Crippen LogP contribution in [0.25, 0.3) is 0 Å². The molecule has 0 aliphatic heterocycles. The third kappa shape index (κ3) is 6.34. The van der Waals surface area contributed by atoms with Crippen molar-refractivity contribution in [3.63, 3.8) is 0 Å². The van der Waals surface area contributed by atoms with Crippen LogP contribution >= 0.6 is 11.6 Å². The van der Waals surface area contributed by atoms with Crippen molar-refractivity contribution in [3.05, 3.63) is 82.4 Å². The molecule has 31 heavy (non-hydrogen) atoms. The molecule has 0 aliphatic carbocycles. The molecule has 0 aliphatic rings. The molecule has 1 atom stereocenters. The second kappa shape index (κ2) is 11.0. The number of aliphatic carboxylic acids is 1. The number of hydrogen-bond acceptors (Lipinski definition) is 3. The Morgan fingerprint density at radius 3 is 2.55 bits per heavy atom. The first-order chi connectivity index (χ1) is 15.0. The lowest BCUT2D eigenvalue weighted by molar-refractivity contribution is -0.137. The highest BCUT2D eigenvalue weighted by Gasteiger charge is 2.13. The predicted molar refractivity (Wildman–Crippen MR) is 126 cm³/mol. The van der Waals surface area contributed by atoms with Gasteiger partial charge in [0.1, 0.15) is 11.9 Å². The van der Waals surface area contributed by atoms with Crippen molar-refractivity contribution in [2.24, 2.45) is 0 Å². The van der Waals surface area contributed by atoms with Crippen LogP contribution in [0.2, 0.25) is 5.02 Å². The van der Waals surface area contributed by atoms with Gasteiger partial charge in [-0.15, -0.1) is 0 Å². The lowest BCUT2D eigenvalue weighted by atomic mass is 10.1. The summed E-state index contributed by atoms with van der Waals surface area (Å²) in [6.07, 6.45) is 6.96. The van der Waals surface area contributed by atoms with Gasteiger partial charge in [-0.25, -0.2) is 4.98 Å². The summed E-state index contributed by atoms with van der Waals surface area (Å²) >= 11 is 6.42. The van der Waals surface area contributed by atoms with Crippen LogP contribution in [-0.2, 0) is 30.6 Å². The summed E-state index contributed by atoms with van der Waals surface area (Å²) in [6.45, 7) is 4.55. The van der Waals surface area contributed by atoms with Crippen LogP contribution < -0.4 is 5.32 Å². The number of carboxylic acid groups (broad SMARTS) is 1. The van der Waals surface area contributed by atoms with Crippen LogP contribution in [0.1, 0.15) is 49.3 Å². The van der Waals surface area contributed by atoms with E-state index < -0.39 is 12.0 Å². The number of carbonyl (C=O) groups is 1. The van der Waals surface area contributed by atoms with E-state index in [0.717, 1.165) is 60.7 Å². The molecule has 0 saturated heterocycles. The lowest BCUT2D eigenvalue weighted by Crippen LogP contribution is -2.25. The summed E-state index contributed by atoms with van der Waals surface area (Å²) in [5, 5.41) is 12.8. The van der Waals surface area contributed by atoms with E-state index >= 15 is 0 Å². The molecule has 1 heterocycles. The Morgan fingerprint density at radius 2 is 1.87 bits per heavy atom. The number of nitrogens with one attached hydrogen (secondary N) is 1. The fourth-order valence-electron chi connectivity index (χ4n) is 3.53. The standard InChI is InChI=1S/C25H30ClN3O2/c1-3-4-9-24-27-16-22(29(24)17-20-7-5-6-8-23(20)26)15-12-19-10-13-21(14-11-19)28-18(2)25(30)31/h5-8,10-11,13-14,16,18,28H,3-4,9,12,15,17H2,1-2H3,(H,30,31). The monoisotopic (exact) mass is 439 g/mol.